The van der Waals surface area contributed by atoms with Crippen molar-refractivity contribution in [3.8, 4) is 5.75 Å². The Labute approximate surface area is 178 Å². The SMILES string of the molecule is C[C@H](N)Cn1ncc2ccc3c(c21)C[C@@H](O)CO3.c1coc2ccc3cnnc3c2c1. The number of aliphatic hydroxyl groups excluding tert-OH is 1. The van der Waals surface area contributed by atoms with Crippen molar-refractivity contribution >= 4 is 32.8 Å². The molecule has 0 bridgehead atoms. The Kier molecular flexibility index (Phi) is 5.01. The highest BCUT2D eigenvalue weighted by Crippen LogP contribution is 2.32. The third kappa shape index (κ3) is 3.71. The molecule has 8 nitrogen and oxygen atoms in total. The second-order valence-corrected chi connectivity index (χ2v) is 7.83. The molecule has 3 N–H and O–H groups in total. The predicted octanol–water partition coefficient (Wildman–Crippen LogP) is 3.06. The molecule has 158 valence electrons. The van der Waals surface area contributed by atoms with Gasteiger partial charge in [0.2, 0.25) is 0 Å². The van der Waals surface area contributed by atoms with Gasteiger partial charge in [0.15, 0.2) is 0 Å². The average molecular weight is 417 g/mol. The van der Waals surface area contributed by atoms with E-state index in [1.807, 2.05) is 54.2 Å². The van der Waals surface area contributed by atoms with Crippen LogP contribution in [-0.2, 0) is 13.0 Å². The predicted molar refractivity (Wildman–Crippen MR) is 118 cm³/mol. The van der Waals surface area contributed by atoms with E-state index in [0.717, 1.165) is 44.1 Å². The molecule has 8 heteroatoms. The fourth-order valence-electron chi connectivity index (χ4n) is 3.94. The normalized spacial score (nSPS) is 16.5. The highest BCUT2D eigenvalue weighted by Gasteiger charge is 2.22. The van der Waals surface area contributed by atoms with Crippen LogP contribution in [-0.4, -0.2) is 43.8 Å². The van der Waals surface area contributed by atoms with E-state index in [0.29, 0.717) is 19.6 Å². The Hall–Kier alpha value is -3.49. The van der Waals surface area contributed by atoms with Gasteiger partial charge >= 0.3 is 0 Å². The van der Waals surface area contributed by atoms with Crippen LogP contribution in [0.2, 0.25) is 0 Å². The summed E-state index contributed by atoms with van der Waals surface area (Å²) in [6.45, 7) is 2.98. The summed E-state index contributed by atoms with van der Waals surface area (Å²) in [6.07, 6.45) is 5.41. The summed E-state index contributed by atoms with van der Waals surface area (Å²) in [5.74, 6) is 0.847. The van der Waals surface area contributed by atoms with Crippen LogP contribution in [0.1, 0.15) is 12.5 Å². The second kappa shape index (κ2) is 7.98. The van der Waals surface area contributed by atoms with E-state index in [1.54, 1.807) is 12.5 Å². The molecular weight excluding hydrogens is 394 g/mol. The topological polar surface area (TPSA) is 112 Å². The molecule has 31 heavy (non-hydrogen) atoms. The maximum atomic E-state index is 9.75. The molecule has 0 saturated carbocycles. The van der Waals surface area contributed by atoms with Crippen molar-refractivity contribution < 1.29 is 14.3 Å². The molecule has 1 aliphatic rings. The number of aromatic nitrogens is 4. The highest BCUT2D eigenvalue weighted by molar-refractivity contribution is 6.02. The van der Waals surface area contributed by atoms with Gasteiger partial charge in [-0.3, -0.25) is 4.68 Å². The number of hydrogen-bond donors (Lipinski definition) is 2. The van der Waals surface area contributed by atoms with Crippen molar-refractivity contribution in [1.82, 2.24) is 20.0 Å². The second-order valence-electron chi connectivity index (χ2n) is 7.83. The molecule has 6 rings (SSSR count). The smallest absolute Gasteiger partial charge is 0.136 e. The van der Waals surface area contributed by atoms with Gasteiger partial charge in [-0.2, -0.15) is 10.2 Å². The molecule has 0 spiro atoms. The number of rotatable bonds is 2. The Morgan fingerprint density at radius 3 is 2.94 bits per heavy atom. The largest absolute Gasteiger partial charge is 0.491 e. The van der Waals surface area contributed by atoms with Gasteiger partial charge in [0.25, 0.3) is 0 Å². The molecule has 0 radical (unpaired) electrons. The van der Waals surface area contributed by atoms with E-state index in [4.69, 9.17) is 14.9 Å². The van der Waals surface area contributed by atoms with Crippen molar-refractivity contribution in [2.45, 2.75) is 32.0 Å². The fourth-order valence-corrected chi connectivity index (χ4v) is 3.94. The van der Waals surface area contributed by atoms with Crippen LogP contribution < -0.4 is 10.5 Å². The summed E-state index contributed by atoms with van der Waals surface area (Å²) in [6, 6.07) is 11.7. The maximum absolute atomic E-state index is 9.75. The average Bonchev–Trinajstić information content (AvgIpc) is 3.41. The van der Waals surface area contributed by atoms with Crippen LogP contribution in [0.25, 0.3) is 32.8 Å². The van der Waals surface area contributed by atoms with E-state index in [2.05, 4.69) is 15.3 Å². The van der Waals surface area contributed by atoms with Crippen LogP contribution in [0, 0.1) is 0 Å². The van der Waals surface area contributed by atoms with E-state index < -0.39 is 6.10 Å². The number of nitrogens with zero attached hydrogens (tertiary/aromatic N) is 4. The minimum atomic E-state index is -0.443. The van der Waals surface area contributed by atoms with Crippen LogP contribution in [0.3, 0.4) is 0 Å². The number of nitrogens with two attached hydrogens (primary N) is 1. The molecule has 4 heterocycles. The summed E-state index contributed by atoms with van der Waals surface area (Å²) in [5, 5.41) is 25.1. The highest BCUT2D eigenvalue weighted by atomic mass is 16.5. The molecular formula is C23H23N5O3. The van der Waals surface area contributed by atoms with Crippen LogP contribution in [0.5, 0.6) is 5.75 Å². The molecule has 2 aromatic carbocycles. The lowest BCUT2D eigenvalue weighted by Gasteiger charge is -2.23. The number of hydrogen-bond acceptors (Lipinski definition) is 7. The van der Waals surface area contributed by atoms with Crippen LogP contribution >= 0.6 is 0 Å². The van der Waals surface area contributed by atoms with Gasteiger partial charge in [0, 0.05) is 34.2 Å². The Bertz CT molecular complexity index is 1360. The van der Waals surface area contributed by atoms with Gasteiger partial charge < -0.3 is 20.0 Å². The summed E-state index contributed by atoms with van der Waals surface area (Å²) >= 11 is 0. The standard InChI is InChI=1S/C13H17N3O2.C10H6N2O/c1-8(14)6-16-13-9(5-15-16)2-3-12-11(13)4-10(17)7-18-12;1-2-8-9(13-5-1)4-3-7-6-11-12-10(7)8/h2-3,5,8,10,17H,4,6-7,14H2,1H3;1-6H/t8-,10+;/m0./s1. The van der Waals surface area contributed by atoms with Gasteiger partial charge in [-0.05, 0) is 43.3 Å². The zero-order chi connectivity index (χ0) is 21.4. The van der Waals surface area contributed by atoms with Gasteiger partial charge in [-0.1, -0.05) is 0 Å². The summed E-state index contributed by atoms with van der Waals surface area (Å²) in [5.41, 5.74) is 9.65. The first kappa shape index (κ1) is 19.5. The Balaban J connectivity index is 0.000000138. The molecule has 1 aliphatic heterocycles. The molecule has 0 fully saturated rings. The number of benzene rings is 2. The van der Waals surface area contributed by atoms with E-state index in [-0.39, 0.29) is 6.04 Å². The monoisotopic (exact) mass is 417 g/mol. The Morgan fingerprint density at radius 1 is 1.19 bits per heavy atom. The first-order valence-corrected chi connectivity index (χ1v) is 10.2. The van der Waals surface area contributed by atoms with E-state index >= 15 is 0 Å². The summed E-state index contributed by atoms with van der Waals surface area (Å²) in [7, 11) is 0. The fraction of sp³-hybridized carbons (Fsp3) is 0.261. The zero-order valence-electron chi connectivity index (χ0n) is 17.1. The van der Waals surface area contributed by atoms with Crippen molar-refractivity contribution in [2.24, 2.45) is 5.73 Å². The molecule has 5 aromatic rings. The molecule has 0 saturated heterocycles. The lowest BCUT2D eigenvalue weighted by Crippen LogP contribution is -2.27. The van der Waals surface area contributed by atoms with Crippen LogP contribution in [0.15, 0.2) is 59.5 Å². The maximum Gasteiger partial charge on any atom is 0.136 e. The molecule has 2 atom stereocenters. The lowest BCUT2D eigenvalue weighted by atomic mass is 10.0. The minimum absolute atomic E-state index is 0.0402. The van der Waals surface area contributed by atoms with E-state index in [9.17, 15) is 5.11 Å². The van der Waals surface area contributed by atoms with Gasteiger partial charge in [-0.25, -0.2) is 0 Å². The third-order valence-electron chi connectivity index (χ3n) is 5.30. The Morgan fingerprint density at radius 2 is 2.06 bits per heavy atom. The van der Waals surface area contributed by atoms with Crippen molar-refractivity contribution in [1.29, 1.82) is 0 Å². The lowest BCUT2D eigenvalue weighted by molar-refractivity contribution is 0.0926. The van der Waals surface area contributed by atoms with Crippen molar-refractivity contribution in [3.05, 3.63) is 60.6 Å². The van der Waals surface area contributed by atoms with Gasteiger partial charge in [0.05, 0.1) is 36.8 Å². The van der Waals surface area contributed by atoms with Crippen LogP contribution in [0.4, 0.5) is 0 Å². The van der Waals surface area contributed by atoms with Crippen molar-refractivity contribution in [2.75, 3.05) is 6.61 Å². The number of aliphatic hydroxyl groups is 1. The van der Waals surface area contributed by atoms with Gasteiger partial charge in [-0.15, -0.1) is 5.10 Å². The third-order valence-corrected chi connectivity index (χ3v) is 5.30. The first-order chi connectivity index (χ1) is 15.1. The number of fused-ring (bicyclic) bond motifs is 6. The number of ether oxygens (including phenoxy) is 1. The first-order valence-electron chi connectivity index (χ1n) is 10.2. The quantitative estimate of drug-likeness (QED) is 0.454. The zero-order valence-corrected chi connectivity index (χ0v) is 17.1. The summed E-state index contributed by atoms with van der Waals surface area (Å²) < 4.78 is 12.8. The minimum Gasteiger partial charge on any atom is -0.491 e. The molecule has 0 aliphatic carbocycles. The molecule has 0 unspecified atom stereocenters. The van der Waals surface area contributed by atoms with Crippen molar-refractivity contribution in [3.63, 3.8) is 0 Å². The van der Waals surface area contributed by atoms with Gasteiger partial charge in [0.1, 0.15) is 23.5 Å². The molecule has 3 aromatic heterocycles. The summed E-state index contributed by atoms with van der Waals surface area (Å²) in [4.78, 5) is 0. The van der Waals surface area contributed by atoms with E-state index in [1.165, 1.54) is 0 Å². The molecule has 0 amide bonds.